The normalized spacial score (nSPS) is 10.7. The first kappa shape index (κ1) is 15.0. The number of pyridine rings is 1. The van der Waals surface area contributed by atoms with Gasteiger partial charge in [0.1, 0.15) is 18.1 Å². The maximum Gasteiger partial charge on any atom is 0.258 e. The summed E-state index contributed by atoms with van der Waals surface area (Å²) in [7, 11) is 1.61. The number of aromatic nitrogens is 1. The van der Waals surface area contributed by atoms with E-state index in [0.717, 1.165) is 11.1 Å². The van der Waals surface area contributed by atoms with Crippen LogP contribution in [0.2, 0.25) is 0 Å². The maximum absolute atomic E-state index is 12.5. The minimum atomic E-state index is -0.0404. The van der Waals surface area contributed by atoms with Crippen molar-refractivity contribution in [2.45, 2.75) is 6.54 Å². The lowest BCUT2D eigenvalue weighted by Crippen LogP contribution is -2.22. The predicted molar refractivity (Wildman–Crippen MR) is 91.1 cm³/mol. The molecular weight excluding hydrogens is 292 g/mol. The number of nitrogens with two attached hydrogens (primary N) is 1. The van der Waals surface area contributed by atoms with Crippen LogP contribution < -0.4 is 20.8 Å². The van der Waals surface area contributed by atoms with Gasteiger partial charge in [0.2, 0.25) is 0 Å². The van der Waals surface area contributed by atoms with Crippen LogP contribution in [0.25, 0.3) is 10.8 Å². The van der Waals surface area contributed by atoms with E-state index in [1.165, 1.54) is 0 Å². The number of hydrogen-bond acceptors (Lipinski definition) is 4. The molecule has 2 N–H and O–H groups in total. The van der Waals surface area contributed by atoms with Crippen LogP contribution in [0.3, 0.4) is 0 Å². The monoisotopic (exact) mass is 310 g/mol. The van der Waals surface area contributed by atoms with Crippen LogP contribution in [0, 0.1) is 0 Å². The summed E-state index contributed by atoms with van der Waals surface area (Å²) in [6.45, 7) is 0.862. The lowest BCUT2D eigenvalue weighted by atomic mass is 10.1. The molecule has 1 aromatic heterocycles. The molecule has 0 radical (unpaired) electrons. The van der Waals surface area contributed by atoms with Gasteiger partial charge in [-0.1, -0.05) is 6.07 Å². The number of anilines is 1. The first-order valence-corrected chi connectivity index (χ1v) is 7.33. The fourth-order valence-electron chi connectivity index (χ4n) is 2.44. The molecule has 0 saturated carbocycles. The Balaban J connectivity index is 1.75. The predicted octanol–water partition coefficient (Wildman–Crippen LogP) is 2.67. The third kappa shape index (κ3) is 3.29. The number of nitrogens with zero attached hydrogens (tertiary/aromatic N) is 1. The molecule has 0 aliphatic rings. The summed E-state index contributed by atoms with van der Waals surface area (Å²) < 4.78 is 12.5. The Morgan fingerprint density at radius 2 is 1.96 bits per heavy atom. The zero-order chi connectivity index (χ0) is 16.2. The number of ether oxygens (including phenoxy) is 2. The van der Waals surface area contributed by atoms with Crippen LogP contribution in [0.5, 0.6) is 11.5 Å². The van der Waals surface area contributed by atoms with E-state index in [9.17, 15) is 4.79 Å². The third-order valence-electron chi connectivity index (χ3n) is 3.64. The summed E-state index contributed by atoms with van der Waals surface area (Å²) in [4.78, 5) is 12.5. The molecule has 0 unspecified atom stereocenters. The second-order valence-corrected chi connectivity index (χ2v) is 5.19. The fraction of sp³-hybridized carbons (Fsp3) is 0.167. The highest BCUT2D eigenvalue weighted by Gasteiger charge is 2.04. The van der Waals surface area contributed by atoms with Gasteiger partial charge < -0.3 is 19.8 Å². The van der Waals surface area contributed by atoms with Gasteiger partial charge in [0.15, 0.2) is 0 Å². The van der Waals surface area contributed by atoms with Gasteiger partial charge in [0, 0.05) is 23.3 Å². The second kappa shape index (κ2) is 6.44. The average molecular weight is 310 g/mol. The highest BCUT2D eigenvalue weighted by Crippen LogP contribution is 2.18. The van der Waals surface area contributed by atoms with E-state index in [1.54, 1.807) is 42.1 Å². The van der Waals surface area contributed by atoms with Gasteiger partial charge >= 0.3 is 0 Å². The van der Waals surface area contributed by atoms with Crippen LogP contribution >= 0.6 is 0 Å². The van der Waals surface area contributed by atoms with Crippen LogP contribution in [0.4, 0.5) is 5.69 Å². The van der Waals surface area contributed by atoms with Crippen molar-refractivity contribution in [2.75, 3.05) is 19.5 Å². The van der Waals surface area contributed by atoms with E-state index < -0.39 is 0 Å². The molecule has 3 aromatic rings. The second-order valence-electron chi connectivity index (χ2n) is 5.19. The Labute approximate surface area is 133 Å². The molecule has 0 atom stereocenters. The molecule has 0 saturated heterocycles. The number of methoxy groups -OCH3 is 1. The first-order chi connectivity index (χ1) is 11.2. The maximum atomic E-state index is 12.5. The molecule has 0 bridgehead atoms. The van der Waals surface area contributed by atoms with Crippen molar-refractivity contribution in [3.05, 3.63) is 65.1 Å². The Hall–Kier alpha value is -2.95. The van der Waals surface area contributed by atoms with Crippen LogP contribution in [-0.4, -0.2) is 18.3 Å². The minimum Gasteiger partial charge on any atom is -0.497 e. The molecule has 118 valence electrons. The molecule has 3 rings (SSSR count). The van der Waals surface area contributed by atoms with Crippen molar-refractivity contribution in [1.82, 2.24) is 4.57 Å². The van der Waals surface area contributed by atoms with Crippen LogP contribution in [0.1, 0.15) is 0 Å². The van der Waals surface area contributed by atoms with E-state index in [2.05, 4.69) is 0 Å². The molecule has 0 spiro atoms. The van der Waals surface area contributed by atoms with Crippen molar-refractivity contribution in [2.24, 2.45) is 0 Å². The van der Waals surface area contributed by atoms with E-state index in [1.807, 2.05) is 24.3 Å². The van der Waals surface area contributed by atoms with E-state index in [4.69, 9.17) is 15.2 Å². The van der Waals surface area contributed by atoms with Gasteiger partial charge in [-0.15, -0.1) is 0 Å². The summed E-state index contributed by atoms with van der Waals surface area (Å²) in [6, 6.07) is 14.6. The smallest absolute Gasteiger partial charge is 0.258 e. The Morgan fingerprint density at radius 3 is 2.74 bits per heavy atom. The number of hydrogen-bond donors (Lipinski definition) is 1. The Morgan fingerprint density at radius 1 is 1.09 bits per heavy atom. The molecule has 0 aliphatic carbocycles. The number of nitrogen functional groups attached to an aromatic ring is 1. The summed E-state index contributed by atoms with van der Waals surface area (Å²) in [5.41, 5.74) is 6.32. The fourth-order valence-corrected chi connectivity index (χ4v) is 2.44. The van der Waals surface area contributed by atoms with Crippen molar-refractivity contribution in [1.29, 1.82) is 0 Å². The Bertz CT molecular complexity index is 887. The number of fused-ring (bicyclic) bond motifs is 1. The molecule has 0 fully saturated rings. The van der Waals surface area contributed by atoms with Gasteiger partial charge in [-0.3, -0.25) is 4.79 Å². The lowest BCUT2D eigenvalue weighted by molar-refractivity contribution is 0.297. The van der Waals surface area contributed by atoms with Gasteiger partial charge in [-0.05, 0) is 41.8 Å². The summed E-state index contributed by atoms with van der Waals surface area (Å²) in [5, 5.41) is 1.53. The van der Waals surface area contributed by atoms with Gasteiger partial charge in [-0.2, -0.15) is 0 Å². The molecule has 2 aromatic carbocycles. The van der Waals surface area contributed by atoms with Crippen molar-refractivity contribution < 1.29 is 9.47 Å². The van der Waals surface area contributed by atoms with Crippen molar-refractivity contribution >= 4 is 16.5 Å². The quantitative estimate of drug-likeness (QED) is 0.736. The van der Waals surface area contributed by atoms with Crippen LogP contribution in [-0.2, 0) is 6.54 Å². The van der Waals surface area contributed by atoms with Gasteiger partial charge in [-0.25, -0.2) is 0 Å². The standard InChI is InChI=1S/C18H18N2O3/c1-22-15-5-6-17-13(11-15)7-8-20(18(17)21)9-10-23-16-4-2-3-14(19)12-16/h2-8,11-12H,9-10,19H2,1H3. The lowest BCUT2D eigenvalue weighted by Gasteiger charge is -2.10. The van der Waals surface area contributed by atoms with E-state index >= 15 is 0 Å². The molecule has 0 amide bonds. The molecule has 1 heterocycles. The minimum absolute atomic E-state index is 0.0404. The molecule has 0 aliphatic heterocycles. The average Bonchev–Trinajstić information content (AvgIpc) is 2.56. The zero-order valence-electron chi connectivity index (χ0n) is 12.9. The number of rotatable bonds is 5. The van der Waals surface area contributed by atoms with E-state index in [-0.39, 0.29) is 5.56 Å². The van der Waals surface area contributed by atoms with Crippen molar-refractivity contribution in [3.8, 4) is 11.5 Å². The van der Waals surface area contributed by atoms with Crippen LogP contribution in [0.15, 0.2) is 59.5 Å². The zero-order valence-corrected chi connectivity index (χ0v) is 12.9. The van der Waals surface area contributed by atoms with E-state index in [0.29, 0.717) is 30.0 Å². The summed E-state index contributed by atoms with van der Waals surface area (Å²) >= 11 is 0. The number of benzene rings is 2. The molecule has 5 nitrogen and oxygen atoms in total. The molecule has 23 heavy (non-hydrogen) atoms. The van der Waals surface area contributed by atoms with Gasteiger partial charge in [0.05, 0.1) is 13.7 Å². The third-order valence-corrected chi connectivity index (χ3v) is 3.64. The highest BCUT2D eigenvalue weighted by molar-refractivity contribution is 5.82. The van der Waals surface area contributed by atoms with Gasteiger partial charge in [0.25, 0.3) is 5.56 Å². The summed E-state index contributed by atoms with van der Waals surface area (Å²) in [6.07, 6.45) is 1.77. The topological polar surface area (TPSA) is 66.5 Å². The first-order valence-electron chi connectivity index (χ1n) is 7.33. The highest BCUT2D eigenvalue weighted by atomic mass is 16.5. The Kier molecular flexibility index (Phi) is 4.19. The molecular formula is C18H18N2O3. The largest absolute Gasteiger partial charge is 0.497 e. The SMILES string of the molecule is COc1ccc2c(=O)n(CCOc3cccc(N)c3)ccc2c1. The van der Waals surface area contributed by atoms with Crippen molar-refractivity contribution in [3.63, 3.8) is 0 Å². The molecule has 5 heteroatoms. The summed E-state index contributed by atoms with van der Waals surface area (Å²) in [5.74, 6) is 1.43.